The molecule has 1 fully saturated rings. The van der Waals surface area contributed by atoms with E-state index in [0.29, 0.717) is 12.5 Å². The van der Waals surface area contributed by atoms with Gasteiger partial charge in [-0.05, 0) is 30.2 Å². The van der Waals surface area contributed by atoms with Gasteiger partial charge in [0.15, 0.2) is 0 Å². The maximum Gasteiger partial charge on any atom is 0.127 e. The molecular formula is C15H16O2. The van der Waals surface area contributed by atoms with Gasteiger partial charge in [0.2, 0.25) is 0 Å². The van der Waals surface area contributed by atoms with Crippen LogP contribution < -0.4 is 4.74 Å². The van der Waals surface area contributed by atoms with Crippen molar-refractivity contribution in [2.24, 2.45) is 5.92 Å². The summed E-state index contributed by atoms with van der Waals surface area (Å²) in [5, 5.41) is 12.1. The molecule has 2 heteroatoms. The van der Waals surface area contributed by atoms with Crippen LogP contribution in [0.1, 0.15) is 12.8 Å². The average molecular weight is 228 g/mol. The van der Waals surface area contributed by atoms with Crippen molar-refractivity contribution in [3.05, 3.63) is 42.5 Å². The van der Waals surface area contributed by atoms with Gasteiger partial charge in [-0.15, -0.1) is 0 Å². The Morgan fingerprint density at radius 1 is 1.12 bits per heavy atom. The minimum Gasteiger partial charge on any atom is -0.490 e. The fourth-order valence-electron chi connectivity index (χ4n) is 2.11. The molecule has 1 saturated carbocycles. The molecule has 0 saturated heterocycles. The molecular weight excluding hydrogens is 212 g/mol. The lowest BCUT2D eigenvalue weighted by atomic mass is 10.1. The summed E-state index contributed by atoms with van der Waals surface area (Å²) in [5.41, 5.74) is 0. The van der Waals surface area contributed by atoms with E-state index in [-0.39, 0.29) is 6.10 Å². The smallest absolute Gasteiger partial charge is 0.127 e. The van der Waals surface area contributed by atoms with E-state index in [2.05, 4.69) is 12.1 Å². The van der Waals surface area contributed by atoms with Crippen LogP contribution in [0.5, 0.6) is 5.75 Å². The Morgan fingerprint density at radius 2 is 1.88 bits per heavy atom. The molecule has 0 aliphatic heterocycles. The number of benzene rings is 2. The molecule has 1 atom stereocenters. The Morgan fingerprint density at radius 3 is 2.71 bits per heavy atom. The minimum atomic E-state index is -0.311. The van der Waals surface area contributed by atoms with Crippen LogP contribution in [0.15, 0.2) is 42.5 Å². The summed E-state index contributed by atoms with van der Waals surface area (Å²) in [6.07, 6.45) is 1.97. The zero-order valence-electron chi connectivity index (χ0n) is 9.67. The molecule has 2 nitrogen and oxygen atoms in total. The van der Waals surface area contributed by atoms with Gasteiger partial charge in [-0.3, -0.25) is 0 Å². The van der Waals surface area contributed by atoms with Crippen LogP contribution in [0.3, 0.4) is 0 Å². The fraction of sp³-hybridized carbons (Fsp3) is 0.333. The molecule has 17 heavy (non-hydrogen) atoms. The number of aliphatic hydroxyl groups excluding tert-OH is 1. The van der Waals surface area contributed by atoms with Gasteiger partial charge < -0.3 is 9.84 Å². The molecule has 0 amide bonds. The van der Waals surface area contributed by atoms with Crippen LogP contribution in [0.4, 0.5) is 0 Å². The number of hydrogen-bond donors (Lipinski definition) is 1. The Bertz CT molecular complexity index is 512. The third kappa shape index (κ3) is 2.27. The first-order valence-electron chi connectivity index (χ1n) is 6.13. The van der Waals surface area contributed by atoms with Gasteiger partial charge in [-0.1, -0.05) is 36.4 Å². The third-order valence-corrected chi connectivity index (χ3v) is 3.33. The molecule has 0 spiro atoms. The monoisotopic (exact) mass is 228 g/mol. The maximum atomic E-state index is 9.80. The second-order valence-electron chi connectivity index (χ2n) is 4.69. The van der Waals surface area contributed by atoms with Gasteiger partial charge in [0.25, 0.3) is 0 Å². The molecule has 3 rings (SSSR count). The van der Waals surface area contributed by atoms with Crippen molar-refractivity contribution >= 4 is 10.8 Å². The highest BCUT2D eigenvalue weighted by atomic mass is 16.5. The zero-order valence-corrected chi connectivity index (χ0v) is 9.67. The lowest BCUT2D eigenvalue weighted by molar-refractivity contribution is 0.0902. The highest BCUT2D eigenvalue weighted by Crippen LogP contribution is 2.33. The van der Waals surface area contributed by atoms with Crippen LogP contribution >= 0.6 is 0 Å². The van der Waals surface area contributed by atoms with E-state index in [9.17, 15) is 5.11 Å². The maximum absolute atomic E-state index is 9.80. The van der Waals surface area contributed by atoms with Crippen molar-refractivity contribution in [2.75, 3.05) is 6.61 Å². The van der Waals surface area contributed by atoms with E-state index in [4.69, 9.17) is 4.74 Å². The van der Waals surface area contributed by atoms with Crippen molar-refractivity contribution in [3.63, 3.8) is 0 Å². The first kappa shape index (κ1) is 10.6. The Balaban J connectivity index is 1.79. The van der Waals surface area contributed by atoms with Crippen molar-refractivity contribution in [1.29, 1.82) is 0 Å². The highest BCUT2D eigenvalue weighted by molar-refractivity contribution is 5.88. The fourth-order valence-corrected chi connectivity index (χ4v) is 2.11. The van der Waals surface area contributed by atoms with Crippen molar-refractivity contribution in [2.45, 2.75) is 18.9 Å². The second-order valence-corrected chi connectivity index (χ2v) is 4.69. The van der Waals surface area contributed by atoms with Gasteiger partial charge >= 0.3 is 0 Å². The van der Waals surface area contributed by atoms with E-state index < -0.39 is 0 Å². The van der Waals surface area contributed by atoms with Gasteiger partial charge in [-0.25, -0.2) is 0 Å². The Hall–Kier alpha value is -1.54. The number of fused-ring (bicyclic) bond motifs is 1. The van der Waals surface area contributed by atoms with E-state index in [1.165, 1.54) is 5.39 Å². The summed E-state index contributed by atoms with van der Waals surface area (Å²) >= 11 is 0. The first-order chi connectivity index (χ1) is 8.34. The van der Waals surface area contributed by atoms with Crippen molar-refractivity contribution in [3.8, 4) is 5.75 Å². The molecule has 1 aliphatic rings. The molecule has 88 valence electrons. The molecule has 0 aromatic heterocycles. The van der Waals surface area contributed by atoms with Gasteiger partial charge in [-0.2, -0.15) is 0 Å². The zero-order chi connectivity index (χ0) is 11.7. The van der Waals surface area contributed by atoms with E-state index in [1.807, 2.05) is 30.3 Å². The molecule has 0 heterocycles. The van der Waals surface area contributed by atoms with Gasteiger partial charge in [0, 0.05) is 5.39 Å². The molecule has 2 aromatic rings. The number of ether oxygens (including phenoxy) is 1. The SMILES string of the molecule is OC(COc1cccc2ccccc12)C1CC1. The first-order valence-corrected chi connectivity index (χ1v) is 6.13. The van der Waals surface area contributed by atoms with E-state index in [0.717, 1.165) is 24.0 Å². The molecule has 1 N–H and O–H groups in total. The standard InChI is InChI=1S/C15H16O2/c16-14(12-8-9-12)10-17-15-7-3-5-11-4-1-2-6-13(11)15/h1-7,12,14,16H,8-10H2. The minimum absolute atomic E-state index is 0.311. The van der Waals surface area contributed by atoms with Gasteiger partial charge in [0.1, 0.15) is 12.4 Å². The lowest BCUT2D eigenvalue weighted by Crippen LogP contribution is -2.19. The summed E-state index contributed by atoms with van der Waals surface area (Å²) in [6, 6.07) is 14.2. The highest BCUT2D eigenvalue weighted by Gasteiger charge is 2.30. The third-order valence-electron chi connectivity index (χ3n) is 3.33. The number of hydrogen-bond acceptors (Lipinski definition) is 2. The Kier molecular flexibility index (Phi) is 2.73. The van der Waals surface area contributed by atoms with Crippen LogP contribution in [0.2, 0.25) is 0 Å². The van der Waals surface area contributed by atoms with Crippen LogP contribution in [-0.4, -0.2) is 17.8 Å². The predicted octanol–water partition coefficient (Wildman–Crippen LogP) is 2.99. The van der Waals surface area contributed by atoms with Crippen molar-refractivity contribution in [1.82, 2.24) is 0 Å². The number of aliphatic hydroxyl groups is 1. The molecule has 2 aromatic carbocycles. The summed E-state index contributed by atoms with van der Waals surface area (Å²) < 4.78 is 5.73. The second kappa shape index (κ2) is 4.38. The average Bonchev–Trinajstić information content (AvgIpc) is 3.20. The molecule has 0 bridgehead atoms. The lowest BCUT2D eigenvalue weighted by Gasteiger charge is -2.13. The Labute approximate surface area is 101 Å². The van der Waals surface area contributed by atoms with Crippen LogP contribution in [-0.2, 0) is 0 Å². The van der Waals surface area contributed by atoms with E-state index >= 15 is 0 Å². The largest absolute Gasteiger partial charge is 0.490 e. The normalized spacial score (nSPS) is 17.0. The summed E-state index contributed by atoms with van der Waals surface area (Å²) in [6.45, 7) is 0.401. The summed E-state index contributed by atoms with van der Waals surface area (Å²) in [5.74, 6) is 1.33. The quantitative estimate of drug-likeness (QED) is 0.871. The predicted molar refractivity (Wildman–Crippen MR) is 68.2 cm³/mol. The summed E-state index contributed by atoms with van der Waals surface area (Å²) in [4.78, 5) is 0. The molecule has 1 aliphatic carbocycles. The van der Waals surface area contributed by atoms with Gasteiger partial charge in [0.05, 0.1) is 6.10 Å². The molecule has 1 unspecified atom stereocenters. The van der Waals surface area contributed by atoms with Crippen molar-refractivity contribution < 1.29 is 9.84 Å². The van der Waals surface area contributed by atoms with E-state index in [1.54, 1.807) is 0 Å². The van der Waals surface area contributed by atoms with Crippen LogP contribution in [0.25, 0.3) is 10.8 Å². The van der Waals surface area contributed by atoms with Crippen LogP contribution in [0, 0.1) is 5.92 Å². The molecule has 0 radical (unpaired) electrons. The topological polar surface area (TPSA) is 29.5 Å². The summed E-state index contributed by atoms with van der Waals surface area (Å²) in [7, 11) is 0. The number of rotatable bonds is 4.